The Morgan fingerprint density at radius 3 is 2.94 bits per heavy atom. The van der Waals surface area contributed by atoms with Crippen LogP contribution in [0.4, 0.5) is 0 Å². The van der Waals surface area contributed by atoms with Crippen molar-refractivity contribution in [2.75, 3.05) is 13.2 Å². The summed E-state index contributed by atoms with van der Waals surface area (Å²) in [5, 5.41) is 7.44. The SMILES string of the molecule is N=C(N)c1ccncc1OC1CCOCC1. The van der Waals surface area contributed by atoms with Crippen LogP contribution >= 0.6 is 0 Å². The average Bonchev–Trinajstić information content (AvgIpc) is 2.31. The maximum absolute atomic E-state index is 7.44. The highest BCUT2D eigenvalue weighted by Crippen LogP contribution is 2.20. The summed E-state index contributed by atoms with van der Waals surface area (Å²) >= 11 is 0. The number of amidine groups is 1. The van der Waals surface area contributed by atoms with Crippen LogP contribution in [0, 0.1) is 5.41 Å². The zero-order valence-electron chi connectivity index (χ0n) is 8.98. The van der Waals surface area contributed by atoms with E-state index in [1.807, 2.05) is 0 Å². The summed E-state index contributed by atoms with van der Waals surface area (Å²) in [7, 11) is 0. The number of nitrogens with one attached hydrogen (secondary N) is 1. The van der Waals surface area contributed by atoms with Gasteiger partial charge in [0.2, 0.25) is 0 Å². The highest BCUT2D eigenvalue weighted by molar-refractivity contribution is 5.97. The molecule has 1 aromatic heterocycles. The van der Waals surface area contributed by atoms with Gasteiger partial charge >= 0.3 is 0 Å². The van der Waals surface area contributed by atoms with Crippen LogP contribution in [0.15, 0.2) is 18.5 Å². The molecule has 0 spiro atoms. The van der Waals surface area contributed by atoms with Crippen molar-refractivity contribution in [3.63, 3.8) is 0 Å². The Morgan fingerprint density at radius 1 is 1.50 bits per heavy atom. The molecule has 1 saturated heterocycles. The maximum atomic E-state index is 7.44. The first kappa shape index (κ1) is 10.9. The summed E-state index contributed by atoms with van der Waals surface area (Å²) in [5.74, 6) is 0.589. The molecule has 0 radical (unpaired) electrons. The Hall–Kier alpha value is -1.62. The van der Waals surface area contributed by atoms with E-state index < -0.39 is 0 Å². The van der Waals surface area contributed by atoms with Crippen LogP contribution in [-0.4, -0.2) is 30.1 Å². The number of hydrogen-bond acceptors (Lipinski definition) is 4. The second-order valence-electron chi connectivity index (χ2n) is 3.72. The van der Waals surface area contributed by atoms with Crippen LogP contribution in [-0.2, 0) is 4.74 Å². The zero-order valence-corrected chi connectivity index (χ0v) is 8.98. The minimum absolute atomic E-state index is 0.00413. The van der Waals surface area contributed by atoms with Crippen LogP contribution in [0.5, 0.6) is 5.75 Å². The number of nitrogens with two attached hydrogens (primary N) is 1. The molecule has 1 aromatic rings. The fourth-order valence-corrected chi connectivity index (χ4v) is 1.67. The van der Waals surface area contributed by atoms with Gasteiger partial charge in [-0.1, -0.05) is 0 Å². The van der Waals surface area contributed by atoms with Crippen LogP contribution < -0.4 is 10.5 Å². The van der Waals surface area contributed by atoms with Gasteiger partial charge in [-0.3, -0.25) is 10.4 Å². The third kappa shape index (κ3) is 2.49. The van der Waals surface area contributed by atoms with E-state index in [1.54, 1.807) is 18.5 Å². The number of hydrogen-bond donors (Lipinski definition) is 2. The van der Waals surface area contributed by atoms with E-state index in [0.29, 0.717) is 11.3 Å². The lowest BCUT2D eigenvalue weighted by molar-refractivity contribution is 0.0253. The van der Waals surface area contributed by atoms with E-state index >= 15 is 0 Å². The van der Waals surface area contributed by atoms with E-state index in [0.717, 1.165) is 26.1 Å². The minimum Gasteiger partial charge on any atom is -0.488 e. The van der Waals surface area contributed by atoms with Crippen molar-refractivity contribution in [2.24, 2.45) is 5.73 Å². The fourth-order valence-electron chi connectivity index (χ4n) is 1.67. The van der Waals surface area contributed by atoms with Crippen LogP contribution in [0.25, 0.3) is 0 Å². The molecule has 1 fully saturated rings. The lowest BCUT2D eigenvalue weighted by Crippen LogP contribution is -2.27. The van der Waals surface area contributed by atoms with Crippen molar-refractivity contribution in [1.82, 2.24) is 4.98 Å². The number of pyridine rings is 1. The standard InChI is InChI=1S/C11H15N3O2/c12-11(13)9-1-4-14-7-10(9)16-8-2-5-15-6-3-8/h1,4,7-8H,2-3,5-6H2,(H3,12,13). The van der Waals surface area contributed by atoms with Gasteiger partial charge in [0.25, 0.3) is 0 Å². The zero-order chi connectivity index (χ0) is 11.4. The first-order valence-electron chi connectivity index (χ1n) is 5.30. The van der Waals surface area contributed by atoms with Gasteiger partial charge in [0.15, 0.2) is 0 Å². The summed E-state index contributed by atoms with van der Waals surface area (Å²) in [4.78, 5) is 3.98. The molecule has 5 heteroatoms. The van der Waals surface area contributed by atoms with E-state index in [4.69, 9.17) is 20.6 Å². The van der Waals surface area contributed by atoms with Gasteiger partial charge in [0, 0.05) is 19.0 Å². The van der Waals surface area contributed by atoms with Crippen LogP contribution in [0.3, 0.4) is 0 Å². The third-order valence-electron chi connectivity index (χ3n) is 2.54. The normalized spacial score (nSPS) is 17.0. The van der Waals surface area contributed by atoms with Gasteiger partial charge in [0.05, 0.1) is 25.0 Å². The first-order valence-corrected chi connectivity index (χ1v) is 5.30. The molecule has 2 rings (SSSR count). The van der Waals surface area contributed by atoms with Crippen molar-refractivity contribution in [2.45, 2.75) is 18.9 Å². The summed E-state index contributed by atoms with van der Waals surface area (Å²) in [6.45, 7) is 1.45. The Bertz CT molecular complexity index is 375. The van der Waals surface area contributed by atoms with Gasteiger partial charge in [-0.15, -0.1) is 0 Å². The molecule has 0 saturated carbocycles. The van der Waals surface area contributed by atoms with E-state index in [9.17, 15) is 0 Å². The van der Waals surface area contributed by atoms with Gasteiger partial charge in [-0.2, -0.15) is 0 Å². The molecule has 0 unspecified atom stereocenters. The Balaban J connectivity index is 2.10. The monoisotopic (exact) mass is 221 g/mol. The number of nitrogens with zero attached hydrogens (tertiary/aromatic N) is 1. The smallest absolute Gasteiger partial charge is 0.148 e. The van der Waals surface area contributed by atoms with Gasteiger partial charge < -0.3 is 15.2 Å². The van der Waals surface area contributed by atoms with E-state index in [1.165, 1.54) is 0 Å². The Labute approximate surface area is 94.1 Å². The number of aromatic nitrogens is 1. The molecule has 0 aromatic carbocycles. The minimum atomic E-state index is 0.00413. The number of ether oxygens (including phenoxy) is 2. The van der Waals surface area contributed by atoms with Crippen molar-refractivity contribution >= 4 is 5.84 Å². The third-order valence-corrected chi connectivity index (χ3v) is 2.54. The number of nitrogen functional groups attached to an aromatic ring is 1. The summed E-state index contributed by atoms with van der Waals surface area (Å²) in [6, 6.07) is 1.69. The fraction of sp³-hybridized carbons (Fsp3) is 0.455. The molecule has 0 amide bonds. The molecular weight excluding hydrogens is 206 g/mol. The quantitative estimate of drug-likeness (QED) is 0.587. The molecule has 5 nitrogen and oxygen atoms in total. The molecule has 86 valence electrons. The van der Waals surface area contributed by atoms with Crippen LogP contribution in [0.1, 0.15) is 18.4 Å². The highest BCUT2D eigenvalue weighted by atomic mass is 16.5. The predicted molar refractivity (Wildman–Crippen MR) is 59.7 cm³/mol. The highest BCUT2D eigenvalue weighted by Gasteiger charge is 2.17. The molecule has 0 aliphatic carbocycles. The predicted octanol–water partition coefficient (Wildman–Crippen LogP) is 0.923. The number of rotatable bonds is 3. The summed E-state index contributed by atoms with van der Waals surface area (Å²) in [6.07, 6.45) is 5.08. The maximum Gasteiger partial charge on any atom is 0.148 e. The molecule has 1 aliphatic heterocycles. The summed E-state index contributed by atoms with van der Waals surface area (Å²) < 4.78 is 11.0. The lowest BCUT2D eigenvalue weighted by atomic mass is 10.1. The average molecular weight is 221 g/mol. The second-order valence-corrected chi connectivity index (χ2v) is 3.72. The molecule has 3 N–H and O–H groups in total. The van der Waals surface area contributed by atoms with Gasteiger partial charge in [-0.25, -0.2) is 0 Å². The largest absolute Gasteiger partial charge is 0.488 e. The van der Waals surface area contributed by atoms with Gasteiger partial charge in [0.1, 0.15) is 17.7 Å². The molecule has 0 atom stereocenters. The van der Waals surface area contributed by atoms with E-state index in [2.05, 4.69) is 4.98 Å². The Morgan fingerprint density at radius 2 is 2.25 bits per heavy atom. The first-order chi connectivity index (χ1) is 7.77. The molecule has 16 heavy (non-hydrogen) atoms. The molecule has 2 heterocycles. The van der Waals surface area contributed by atoms with Crippen LogP contribution in [0.2, 0.25) is 0 Å². The summed E-state index contributed by atoms with van der Waals surface area (Å²) in [5.41, 5.74) is 6.07. The topological polar surface area (TPSA) is 81.2 Å². The molecular formula is C11H15N3O2. The Kier molecular flexibility index (Phi) is 3.36. The lowest BCUT2D eigenvalue weighted by Gasteiger charge is -2.24. The second kappa shape index (κ2) is 4.94. The van der Waals surface area contributed by atoms with E-state index in [-0.39, 0.29) is 11.9 Å². The molecule has 1 aliphatic rings. The van der Waals surface area contributed by atoms with Crippen molar-refractivity contribution in [3.05, 3.63) is 24.0 Å². The van der Waals surface area contributed by atoms with Crippen molar-refractivity contribution in [1.29, 1.82) is 5.41 Å². The molecule has 0 bridgehead atoms. The van der Waals surface area contributed by atoms with Crippen molar-refractivity contribution in [3.8, 4) is 5.75 Å². The van der Waals surface area contributed by atoms with Gasteiger partial charge in [-0.05, 0) is 6.07 Å². The van der Waals surface area contributed by atoms with Crippen molar-refractivity contribution < 1.29 is 9.47 Å².